The molecule has 0 aliphatic carbocycles. The van der Waals surface area contributed by atoms with Gasteiger partial charge in [-0.25, -0.2) is 4.98 Å². The SMILES string of the molecule is C#CCCOc1nc(Cl)nc2ccsc12. The summed E-state index contributed by atoms with van der Waals surface area (Å²) < 4.78 is 6.33. The van der Waals surface area contributed by atoms with Crippen molar-refractivity contribution in [2.75, 3.05) is 6.61 Å². The number of nitrogens with zero attached hydrogens (tertiary/aromatic N) is 2. The predicted octanol–water partition coefficient (Wildman–Crippen LogP) is 2.75. The van der Waals surface area contributed by atoms with Crippen LogP contribution in [0.15, 0.2) is 11.4 Å². The third-order valence-electron chi connectivity index (χ3n) is 1.73. The van der Waals surface area contributed by atoms with Crippen molar-refractivity contribution in [3.05, 3.63) is 16.7 Å². The van der Waals surface area contributed by atoms with Crippen molar-refractivity contribution in [3.63, 3.8) is 0 Å². The van der Waals surface area contributed by atoms with E-state index in [1.165, 1.54) is 11.3 Å². The van der Waals surface area contributed by atoms with Gasteiger partial charge in [-0.15, -0.1) is 23.7 Å². The van der Waals surface area contributed by atoms with Gasteiger partial charge in [0.2, 0.25) is 11.2 Å². The maximum absolute atomic E-state index is 5.76. The number of hydrogen-bond donors (Lipinski definition) is 0. The molecule has 0 unspecified atom stereocenters. The molecule has 0 N–H and O–H groups in total. The summed E-state index contributed by atoms with van der Waals surface area (Å²) in [4.78, 5) is 8.09. The van der Waals surface area contributed by atoms with Crippen molar-refractivity contribution in [2.45, 2.75) is 6.42 Å². The van der Waals surface area contributed by atoms with Crippen molar-refractivity contribution >= 4 is 33.2 Å². The number of fused-ring (bicyclic) bond motifs is 1. The zero-order valence-electron chi connectivity index (χ0n) is 7.74. The molecule has 0 atom stereocenters. The van der Waals surface area contributed by atoms with Gasteiger partial charge in [-0.3, -0.25) is 0 Å². The van der Waals surface area contributed by atoms with Gasteiger partial charge >= 0.3 is 0 Å². The lowest BCUT2D eigenvalue weighted by atomic mass is 10.4. The zero-order valence-corrected chi connectivity index (χ0v) is 9.31. The van der Waals surface area contributed by atoms with Crippen LogP contribution in [-0.4, -0.2) is 16.6 Å². The van der Waals surface area contributed by atoms with Gasteiger partial charge in [-0.2, -0.15) is 4.98 Å². The Labute approximate surface area is 96.1 Å². The second-order valence-corrected chi connectivity index (χ2v) is 3.99. The van der Waals surface area contributed by atoms with E-state index in [9.17, 15) is 0 Å². The summed E-state index contributed by atoms with van der Waals surface area (Å²) in [6.45, 7) is 0.441. The second kappa shape index (κ2) is 4.47. The highest BCUT2D eigenvalue weighted by molar-refractivity contribution is 7.17. The number of aromatic nitrogens is 2. The van der Waals surface area contributed by atoms with E-state index in [4.69, 9.17) is 22.8 Å². The first kappa shape index (κ1) is 10.2. The summed E-state index contributed by atoms with van der Waals surface area (Å²) in [5.41, 5.74) is 0.802. The van der Waals surface area contributed by atoms with Gasteiger partial charge < -0.3 is 4.74 Å². The Kier molecular flexibility index (Phi) is 3.05. The lowest BCUT2D eigenvalue weighted by Gasteiger charge is -2.03. The molecule has 0 saturated carbocycles. The zero-order chi connectivity index (χ0) is 10.7. The van der Waals surface area contributed by atoms with Crippen molar-refractivity contribution in [1.29, 1.82) is 0 Å². The maximum Gasteiger partial charge on any atom is 0.236 e. The Bertz CT molecular complexity index is 518. The van der Waals surface area contributed by atoms with E-state index in [2.05, 4.69) is 15.9 Å². The van der Waals surface area contributed by atoms with Gasteiger partial charge in [0.05, 0.1) is 5.52 Å². The van der Waals surface area contributed by atoms with Gasteiger partial charge in [0, 0.05) is 6.42 Å². The number of halogens is 1. The minimum absolute atomic E-state index is 0.191. The summed E-state index contributed by atoms with van der Waals surface area (Å²) in [6.07, 6.45) is 5.68. The normalized spacial score (nSPS) is 10.1. The van der Waals surface area contributed by atoms with Crippen LogP contribution in [-0.2, 0) is 0 Å². The summed E-state index contributed by atoms with van der Waals surface area (Å²) in [5.74, 6) is 3.01. The molecule has 3 nitrogen and oxygen atoms in total. The summed E-state index contributed by atoms with van der Waals surface area (Å²) in [6, 6.07) is 1.88. The van der Waals surface area contributed by atoms with Crippen molar-refractivity contribution in [1.82, 2.24) is 9.97 Å². The van der Waals surface area contributed by atoms with E-state index >= 15 is 0 Å². The van der Waals surface area contributed by atoms with Crippen molar-refractivity contribution in [2.24, 2.45) is 0 Å². The van der Waals surface area contributed by atoms with Gasteiger partial charge in [-0.05, 0) is 23.0 Å². The smallest absolute Gasteiger partial charge is 0.236 e. The van der Waals surface area contributed by atoms with E-state index in [0.717, 1.165) is 10.2 Å². The first-order valence-electron chi connectivity index (χ1n) is 4.28. The molecule has 76 valence electrons. The fraction of sp³-hybridized carbons (Fsp3) is 0.200. The van der Waals surface area contributed by atoms with Crippen molar-refractivity contribution < 1.29 is 4.74 Å². The maximum atomic E-state index is 5.76. The topological polar surface area (TPSA) is 35.0 Å². The Morgan fingerprint density at radius 1 is 1.53 bits per heavy atom. The molecule has 2 rings (SSSR count). The highest BCUT2D eigenvalue weighted by Gasteiger charge is 2.08. The third-order valence-corrected chi connectivity index (χ3v) is 2.79. The average molecular weight is 239 g/mol. The highest BCUT2D eigenvalue weighted by atomic mass is 35.5. The van der Waals surface area contributed by atoms with Crippen LogP contribution in [0.25, 0.3) is 10.2 Å². The third kappa shape index (κ3) is 2.20. The predicted molar refractivity (Wildman–Crippen MR) is 61.4 cm³/mol. The van der Waals surface area contributed by atoms with Crippen LogP contribution in [0.3, 0.4) is 0 Å². The second-order valence-electron chi connectivity index (χ2n) is 2.74. The van der Waals surface area contributed by atoms with E-state index < -0.39 is 0 Å². The molecule has 0 fully saturated rings. The fourth-order valence-corrected chi connectivity index (χ4v) is 2.05. The van der Waals surface area contributed by atoms with Crippen LogP contribution >= 0.6 is 22.9 Å². The summed E-state index contributed by atoms with van der Waals surface area (Å²) >= 11 is 7.28. The Morgan fingerprint density at radius 2 is 2.40 bits per heavy atom. The van der Waals surface area contributed by atoms with Crippen LogP contribution < -0.4 is 4.74 Å². The number of ether oxygens (including phenoxy) is 1. The first-order chi connectivity index (χ1) is 7.31. The average Bonchev–Trinajstić information content (AvgIpc) is 2.65. The molecule has 0 saturated heterocycles. The number of hydrogen-bond acceptors (Lipinski definition) is 4. The molecule has 0 aliphatic rings. The first-order valence-corrected chi connectivity index (χ1v) is 5.54. The molecule has 5 heteroatoms. The molecular weight excluding hydrogens is 232 g/mol. The standard InChI is InChI=1S/C10H7ClN2OS/c1-2-3-5-14-9-8-7(4-6-15-8)12-10(11)13-9/h1,4,6H,3,5H2. The van der Waals surface area contributed by atoms with Gasteiger partial charge in [0.1, 0.15) is 11.3 Å². The lowest BCUT2D eigenvalue weighted by Crippen LogP contribution is -1.99. The molecule has 2 aromatic heterocycles. The largest absolute Gasteiger partial charge is 0.476 e. The molecule has 2 aromatic rings. The van der Waals surface area contributed by atoms with E-state index in [0.29, 0.717) is 18.9 Å². The minimum Gasteiger partial charge on any atom is -0.476 e. The Morgan fingerprint density at radius 3 is 3.20 bits per heavy atom. The molecule has 0 bridgehead atoms. The number of thiophene rings is 1. The van der Waals surface area contributed by atoms with Crippen LogP contribution in [0, 0.1) is 12.3 Å². The lowest BCUT2D eigenvalue weighted by molar-refractivity contribution is 0.319. The van der Waals surface area contributed by atoms with Gasteiger partial charge in [0.15, 0.2) is 0 Å². The molecule has 0 spiro atoms. The number of terminal acetylenes is 1. The van der Waals surface area contributed by atoms with Gasteiger partial charge in [-0.1, -0.05) is 0 Å². The molecule has 0 amide bonds. The fourth-order valence-electron chi connectivity index (χ4n) is 1.11. The molecule has 0 radical (unpaired) electrons. The van der Waals surface area contributed by atoms with E-state index in [-0.39, 0.29) is 5.28 Å². The summed E-state index contributed by atoms with van der Waals surface area (Å²) in [7, 11) is 0. The Balaban J connectivity index is 2.32. The van der Waals surface area contributed by atoms with Crippen LogP contribution in [0.5, 0.6) is 5.88 Å². The molecule has 0 aliphatic heterocycles. The van der Waals surface area contributed by atoms with Crippen molar-refractivity contribution in [3.8, 4) is 18.2 Å². The van der Waals surface area contributed by atoms with Crippen LogP contribution in [0.1, 0.15) is 6.42 Å². The monoisotopic (exact) mass is 238 g/mol. The quantitative estimate of drug-likeness (QED) is 0.469. The van der Waals surface area contributed by atoms with Gasteiger partial charge in [0.25, 0.3) is 0 Å². The Hall–Kier alpha value is -1.31. The van der Waals surface area contributed by atoms with E-state index in [1.807, 2.05) is 11.4 Å². The molecule has 15 heavy (non-hydrogen) atoms. The molecule has 2 heterocycles. The number of rotatable bonds is 3. The van der Waals surface area contributed by atoms with Crippen LogP contribution in [0.2, 0.25) is 5.28 Å². The molecular formula is C10H7ClN2OS. The van der Waals surface area contributed by atoms with Crippen LogP contribution in [0.4, 0.5) is 0 Å². The minimum atomic E-state index is 0.191. The van der Waals surface area contributed by atoms with E-state index in [1.54, 1.807) is 0 Å². The molecule has 0 aromatic carbocycles. The highest BCUT2D eigenvalue weighted by Crippen LogP contribution is 2.28. The summed E-state index contributed by atoms with van der Waals surface area (Å²) in [5, 5.41) is 2.11.